The molecule has 2 unspecified atom stereocenters. The van der Waals surface area contributed by atoms with E-state index in [1.54, 1.807) is 0 Å². The first-order valence-electron chi connectivity index (χ1n) is 6.55. The second kappa shape index (κ2) is 5.08. The Hall–Kier alpha value is -1.39. The molecule has 18 heavy (non-hydrogen) atoms. The summed E-state index contributed by atoms with van der Waals surface area (Å²) in [6, 6.07) is 7.65. The molecule has 0 spiro atoms. The van der Waals surface area contributed by atoms with Crippen LogP contribution in [-0.4, -0.2) is 25.7 Å². The molecule has 4 nitrogen and oxygen atoms in total. The lowest BCUT2D eigenvalue weighted by Gasteiger charge is -2.23. The van der Waals surface area contributed by atoms with E-state index in [0.717, 1.165) is 37.4 Å². The van der Waals surface area contributed by atoms with Gasteiger partial charge in [-0.15, -0.1) is 0 Å². The molecule has 1 aromatic rings. The molecule has 1 aromatic carbocycles. The van der Waals surface area contributed by atoms with Crippen LogP contribution in [0.5, 0.6) is 0 Å². The number of carbonyl (C=O) groups is 1. The average molecular weight is 246 g/mol. The van der Waals surface area contributed by atoms with Crippen LogP contribution in [0.15, 0.2) is 24.3 Å². The van der Waals surface area contributed by atoms with Crippen LogP contribution >= 0.6 is 0 Å². The summed E-state index contributed by atoms with van der Waals surface area (Å²) in [5.41, 5.74) is 1.99. The third-order valence-corrected chi connectivity index (χ3v) is 3.66. The highest BCUT2D eigenvalue weighted by atomic mass is 16.5. The van der Waals surface area contributed by atoms with Gasteiger partial charge in [0.25, 0.3) is 0 Å². The van der Waals surface area contributed by atoms with Crippen LogP contribution in [0.1, 0.15) is 24.4 Å². The van der Waals surface area contributed by atoms with E-state index in [0.29, 0.717) is 5.92 Å². The topological polar surface area (TPSA) is 50.4 Å². The summed E-state index contributed by atoms with van der Waals surface area (Å²) in [5, 5.41) is 6.27. The minimum atomic E-state index is -0.205. The first-order chi connectivity index (χ1) is 8.84. The van der Waals surface area contributed by atoms with Gasteiger partial charge in [-0.05, 0) is 24.8 Å². The van der Waals surface area contributed by atoms with Crippen molar-refractivity contribution in [3.8, 4) is 0 Å². The number of benzene rings is 1. The number of ether oxygens (including phenoxy) is 1. The standard InChI is InChI=1S/C14H18N2O2/c17-14-13(11-5-1-2-6-12(11)16-14)15-8-10-4-3-7-18-9-10/h1-2,5-6,10,13,15H,3-4,7-9H2,(H,16,17). The number of carbonyl (C=O) groups excluding carboxylic acids is 1. The van der Waals surface area contributed by atoms with Gasteiger partial charge in [-0.1, -0.05) is 18.2 Å². The molecule has 2 atom stereocenters. The normalized spacial score (nSPS) is 26.8. The van der Waals surface area contributed by atoms with Gasteiger partial charge >= 0.3 is 0 Å². The first-order valence-corrected chi connectivity index (χ1v) is 6.55. The molecule has 1 amide bonds. The fourth-order valence-electron chi connectivity index (χ4n) is 2.66. The van der Waals surface area contributed by atoms with E-state index in [2.05, 4.69) is 10.6 Å². The average Bonchev–Trinajstić information content (AvgIpc) is 2.73. The van der Waals surface area contributed by atoms with Crippen LogP contribution in [-0.2, 0) is 9.53 Å². The molecule has 4 heteroatoms. The highest BCUT2D eigenvalue weighted by Gasteiger charge is 2.30. The first kappa shape index (κ1) is 11.7. The summed E-state index contributed by atoms with van der Waals surface area (Å²) in [5.74, 6) is 0.576. The molecule has 1 fully saturated rings. The number of anilines is 1. The molecule has 2 N–H and O–H groups in total. The lowest BCUT2D eigenvalue weighted by Crippen LogP contribution is -2.34. The Bertz CT molecular complexity index is 441. The maximum Gasteiger partial charge on any atom is 0.246 e. The smallest absolute Gasteiger partial charge is 0.246 e. The second-order valence-electron chi connectivity index (χ2n) is 5.00. The van der Waals surface area contributed by atoms with Crippen LogP contribution < -0.4 is 10.6 Å². The van der Waals surface area contributed by atoms with E-state index in [4.69, 9.17) is 4.74 Å². The van der Waals surface area contributed by atoms with Gasteiger partial charge in [0.1, 0.15) is 6.04 Å². The SMILES string of the molecule is O=C1Nc2ccccc2C1NCC1CCCOC1. The molecule has 1 saturated heterocycles. The second-order valence-corrected chi connectivity index (χ2v) is 5.00. The maximum absolute atomic E-state index is 11.9. The molecule has 0 radical (unpaired) electrons. The summed E-state index contributed by atoms with van der Waals surface area (Å²) in [7, 11) is 0. The Balaban J connectivity index is 1.64. The van der Waals surface area contributed by atoms with E-state index in [9.17, 15) is 4.79 Å². The van der Waals surface area contributed by atoms with Crippen molar-refractivity contribution >= 4 is 11.6 Å². The third-order valence-electron chi connectivity index (χ3n) is 3.66. The number of hydrogen-bond donors (Lipinski definition) is 2. The summed E-state index contributed by atoms with van der Waals surface area (Å²) >= 11 is 0. The van der Waals surface area contributed by atoms with Gasteiger partial charge in [-0.25, -0.2) is 0 Å². The molecule has 96 valence electrons. The van der Waals surface area contributed by atoms with Crippen LogP contribution in [0.3, 0.4) is 0 Å². The number of hydrogen-bond acceptors (Lipinski definition) is 3. The fourth-order valence-corrected chi connectivity index (χ4v) is 2.66. The van der Waals surface area contributed by atoms with Gasteiger partial charge in [-0.2, -0.15) is 0 Å². The van der Waals surface area contributed by atoms with Crippen molar-refractivity contribution in [2.45, 2.75) is 18.9 Å². The quantitative estimate of drug-likeness (QED) is 0.853. The third kappa shape index (κ3) is 2.26. The zero-order valence-electron chi connectivity index (χ0n) is 10.3. The van der Waals surface area contributed by atoms with Crippen molar-refractivity contribution < 1.29 is 9.53 Å². The van der Waals surface area contributed by atoms with E-state index in [-0.39, 0.29) is 11.9 Å². The minimum Gasteiger partial charge on any atom is -0.381 e. The lowest BCUT2D eigenvalue weighted by atomic mass is 10.0. The Morgan fingerprint density at radius 1 is 1.39 bits per heavy atom. The summed E-state index contributed by atoms with van der Waals surface area (Å²) in [6.45, 7) is 2.53. The van der Waals surface area contributed by atoms with E-state index in [1.807, 2.05) is 24.3 Å². The molecule has 2 heterocycles. The number of para-hydroxylation sites is 1. The molecule has 3 rings (SSSR count). The van der Waals surface area contributed by atoms with Gasteiger partial charge in [-0.3, -0.25) is 4.79 Å². The van der Waals surface area contributed by atoms with Gasteiger partial charge in [0.2, 0.25) is 5.91 Å². The Labute approximate surface area is 107 Å². The lowest BCUT2D eigenvalue weighted by molar-refractivity contribution is -0.117. The zero-order chi connectivity index (χ0) is 12.4. The summed E-state index contributed by atoms with van der Waals surface area (Å²) < 4.78 is 5.45. The van der Waals surface area contributed by atoms with Crippen LogP contribution in [0.2, 0.25) is 0 Å². The van der Waals surface area contributed by atoms with E-state index < -0.39 is 0 Å². The molecular weight excluding hydrogens is 228 g/mol. The van der Waals surface area contributed by atoms with Crippen LogP contribution in [0.25, 0.3) is 0 Å². The maximum atomic E-state index is 11.9. The van der Waals surface area contributed by atoms with Crippen LogP contribution in [0.4, 0.5) is 5.69 Å². The summed E-state index contributed by atoms with van der Waals surface area (Å²) in [4.78, 5) is 11.9. The molecule has 2 aliphatic rings. The van der Waals surface area contributed by atoms with Crippen molar-refractivity contribution in [3.05, 3.63) is 29.8 Å². The number of rotatable bonds is 3. The largest absolute Gasteiger partial charge is 0.381 e. The Morgan fingerprint density at radius 3 is 3.11 bits per heavy atom. The number of amides is 1. The molecule has 2 aliphatic heterocycles. The highest BCUT2D eigenvalue weighted by Crippen LogP contribution is 2.30. The van der Waals surface area contributed by atoms with Crippen molar-refractivity contribution in [1.29, 1.82) is 0 Å². The molecule has 0 aromatic heterocycles. The van der Waals surface area contributed by atoms with Gasteiger partial charge in [0.05, 0.1) is 6.61 Å². The monoisotopic (exact) mass is 246 g/mol. The zero-order valence-corrected chi connectivity index (χ0v) is 10.3. The van der Waals surface area contributed by atoms with Crippen molar-refractivity contribution in [1.82, 2.24) is 5.32 Å². The molecule has 0 saturated carbocycles. The molecule has 0 bridgehead atoms. The van der Waals surface area contributed by atoms with Crippen molar-refractivity contribution in [3.63, 3.8) is 0 Å². The molecular formula is C14H18N2O2. The predicted molar refractivity (Wildman–Crippen MR) is 69.4 cm³/mol. The number of nitrogens with one attached hydrogen (secondary N) is 2. The number of fused-ring (bicyclic) bond motifs is 1. The summed E-state index contributed by atoms with van der Waals surface area (Å²) in [6.07, 6.45) is 2.31. The minimum absolute atomic E-state index is 0.0490. The van der Waals surface area contributed by atoms with E-state index in [1.165, 1.54) is 6.42 Å². The van der Waals surface area contributed by atoms with Gasteiger partial charge in [0.15, 0.2) is 0 Å². The Morgan fingerprint density at radius 2 is 2.28 bits per heavy atom. The molecule has 0 aliphatic carbocycles. The Kier molecular flexibility index (Phi) is 3.30. The van der Waals surface area contributed by atoms with Gasteiger partial charge < -0.3 is 15.4 Å². The van der Waals surface area contributed by atoms with Crippen molar-refractivity contribution in [2.24, 2.45) is 5.92 Å². The fraction of sp³-hybridized carbons (Fsp3) is 0.500. The predicted octanol–water partition coefficient (Wildman–Crippen LogP) is 1.70. The van der Waals surface area contributed by atoms with Gasteiger partial charge in [0, 0.05) is 24.4 Å². The van der Waals surface area contributed by atoms with E-state index >= 15 is 0 Å². The van der Waals surface area contributed by atoms with Crippen LogP contribution in [0, 0.1) is 5.92 Å². The van der Waals surface area contributed by atoms with Crippen molar-refractivity contribution in [2.75, 3.05) is 25.1 Å². The highest BCUT2D eigenvalue weighted by molar-refractivity contribution is 6.02.